The van der Waals surface area contributed by atoms with Crippen LogP contribution in [0, 0.1) is 13.8 Å². The van der Waals surface area contributed by atoms with Crippen molar-refractivity contribution in [2.45, 2.75) is 39.3 Å². The molecule has 2 N–H and O–H groups in total. The summed E-state index contributed by atoms with van der Waals surface area (Å²) in [7, 11) is 1.60. The number of nitrogens with one attached hydrogen (secondary N) is 2. The fourth-order valence-corrected chi connectivity index (χ4v) is 5.20. The minimum Gasteiger partial charge on any atom is -0.494 e. The number of aryl methyl sites for hydroxylation is 2. The van der Waals surface area contributed by atoms with E-state index in [0.717, 1.165) is 22.8 Å². The Morgan fingerprint density at radius 2 is 1.87 bits per heavy atom. The Kier molecular flexibility index (Phi) is 7.15. The highest BCUT2D eigenvalue weighted by Gasteiger charge is 2.42. The molecule has 2 aromatic carbocycles. The molecular formula is C30H31N5O2S. The van der Waals surface area contributed by atoms with Crippen molar-refractivity contribution in [2.24, 2.45) is 0 Å². The van der Waals surface area contributed by atoms with Crippen LogP contribution in [0.3, 0.4) is 0 Å². The van der Waals surface area contributed by atoms with Crippen molar-refractivity contribution in [2.75, 3.05) is 17.3 Å². The van der Waals surface area contributed by atoms with Crippen LogP contribution >= 0.6 is 12.2 Å². The number of rotatable bonds is 7. The van der Waals surface area contributed by atoms with Crippen LogP contribution in [0.2, 0.25) is 0 Å². The third-order valence-corrected chi connectivity index (χ3v) is 7.32. The van der Waals surface area contributed by atoms with Crippen LogP contribution in [-0.4, -0.2) is 27.7 Å². The van der Waals surface area contributed by atoms with Gasteiger partial charge in [0.25, 0.3) is 0 Å². The molecule has 0 saturated carbocycles. The Bertz CT molecular complexity index is 1480. The number of anilines is 2. The van der Waals surface area contributed by atoms with Crippen molar-refractivity contribution in [1.82, 2.24) is 14.9 Å². The highest BCUT2D eigenvalue weighted by molar-refractivity contribution is 7.80. The standard InChI is InChI=1S/C30H31N5O2S/c1-5-27(36)32-23-14-13-22(18-26(23)37-4)35-29(28(33-30(35)38)24-9-6-7-15-31-24)25-10-8-16-34(25)21-12-11-19(2)20(3)17-21/h6-18,28-29H,5H2,1-4H3,(H,32,36)(H,33,38)/t28-,29+/m1/s1. The van der Waals surface area contributed by atoms with Crippen molar-refractivity contribution in [1.29, 1.82) is 0 Å². The fourth-order valence-electron chi connectivity index (χ4n) is 4.85. The number of carbonyl (C=O) groups is 1. The molecule has 1 aliphatic rings. The molecule has 0 spiro atoms. The Morgan fingerprint density at radius 1 is 1.05 bits per heavy atom. The number of ether oxygens (including phenoxy) is 1. The SMILES string of the molecule is CCC(=O)Nc1ccc(N2C(=S)N[C@H](c3ccccn3)[C@@H]2c2cccn2-c2ccc(C)c(C)c2)cc1OC. The molecule has 1 amide bonds. The van der Waals surface area contributed by atoms with E-state index >= 15 is 0 Å². The molecule has 38 heavy (non-hydrogen) atoms. The molecule has 1 fully saturated rings. The van der Waals surface area contributed by atoms with Crippen LogP contribution < -0.4 is 20.3 Å². The van der Waals surface area contributed by atoms with Crippen LogP contribution in [0.5, 0.6) is 5.75 Å². The predicted molar refractivity (Wildman–Crippen MR) is 155 cm³/mol. The minimum absolute atomic E-state index is 0.0753. The van der Waals surface area contributed by atoms with Gasteiger partial charge in [0.1, 0.15) is 11.8 Å². The highest BCUT2D eigenvalue weighted by Crippen LogP contribution is 2.44. The number of aromatic nitrogens is 2. The Balaban J connectivity index is 1.63. The number of benzene rings is 2. The zero-order chi connectivity index (χ0) is 26.8. The number of carbonyl (C=O) groups excluding carboxylic acids is 1. The Morgan fingerprint density at radius 3 is 2.58 bits per heavy atom. The van der Waals surface area contributed by atoms with E-state index in [1.165, 1.54) is 11.1 Å². The van der Waals surface area contributed by atoms with Gasteiger partial charge < -0.3 is 24.8 Å². The lowest BCUT2D eigenvalue weighted by molar-refractivity contribution is -0.115. The molecule has 1 aliphatic heterocycles. The quantitative estimate of drug-likeness (QED) is 0.288. The van der Waals surface area contributed by atoms with Crippen LogP contribution in [0.25, 0.3) is 5.69 Å². The summed E-state index contributed by atoms with van der Waals surface area (Å²) in [6.07, 6.45) is 4.27. The first-order valence-electron chi connectivity index (χ1n) is 12.6. The molecule has 0 radical (unpaired) electrons. The van der Waals surface area contributed by atoms with Crippen LogP contribution in [0.4, 0.5) is 11.4 Å². The van der Waals surface area contributed by atoms with Gasteiger partial charge in [0.05, 0.1) is 24.5 Å². The van der Waals surface area contributed by atoms with Crippen molar-refractivity contribution in [3.8, 4) is 11.4 Å². The third kappa shape index (κ3) is 4.75. The van der Waals surface area contributed by atoms with Gasteiger partial charge in [0.2, 0.25) is 5.91 Å². The number of nitrogens with zero attached hydrogens (tertiary/aromatic N) is 3. The average Bonchev–Trinajstić information content (AvgIpc) is 3.55. The number of thiocarbonyl (C=S) groups is 1. The normalized spacial score (nSPS) is 16.8. The van der Waals surface area contributed by atoms with Crippen LogP contribution in [0.1, 0.15) is 47.9 Å². The molecular weight excluding hydrogens is 494 g/mol. The van der Waals surface area contributed by atoms with Crippen LogP contribution in [-0.2, 0) is 4.79 Å². The maximum absolute atomic E-state index is 12.0. The van der Waals surface area contributed by atoms with Crippen LogP contribution in [0.15, 0.2) is 79.1 Å². The van der Waals surface area contributed by atoms with Gasteiger partial charge in [-0.3, -0.25) is 9.78 Å². The first-order chi connectivity index (χ1) is 18.4. The summed E-state index contributed by atoms with van der Waals surface area (Å²) in [5.74, 6) is 0.491. The molecule has 194 valence electrons. The maximum Gasteiger partial charge on any atom is 0.224 e. The zero-order valence-electron chi connectivity index (χ0n) is 21.9. The smallest absolute Gasteiger partial charge is 0.224 e. The van der Waals surface area contributed by atoms with E-state index in [0.29, 0.717) is 23.0 Å². The second kappa shape index (κ2) is 10.7. The van der Waals surface area contributed by atoms with E-state index in [2.05, 4.69) is 75.5 Å². The largest absolute Gasteiger partial charge is 0.494 e. The average molecular weight is 526 g/mol. The molecule has 0 aliphatic carbocycles. The van der Waals surface area contributed by atoms with Crippen molar-refractivity contribution >= 4 is 34.6 Å². The molecule has 0 bridgehead atoms. The third-order valence-electron chi connectivity index (χ3n) is 7.01. The summed E-state index contributed by atoms with van der Waals surface area (Å²) < 4.78 is 7.87. The summed E-state index contributed by atoms with van der Waals surface area (Å²) in [5.41, 5.74) is 7.01. The maximum atomic E-state index is 12.0. The van der Waals surface area contributed by atoms with E-state index in [1.807, 2.05) is 43.3 Å². The van der Waals surface area contributed by atoms with Gasteiger partial charge in [0.15, 0.2) is 5.11 Å². The number of methoxy groups -OCH3 is 1. The number of hydrogen-bond donors (Lipinski definition) is 2. The van der Waals surface area contributed by atoms with Crippen molar-refractivity contribution in [3.05, 3.63) is 102 Å². The van der Waals surface area contributed by atoms with E-state index in [9.17, 15) is 4.79 Å². The lowest BCUT2D eigenvalue weighted by atomic mass is 10.0. The lowest BCUT2D eigenvalue weighted by Crippen LogP contribution is -2.30. The lowest BCUT2D eigenvalue weighted by Gasteiger charge is -2.29. The zero-order valence-corrected chi connectivity index (χ0v) is 22.8. The molecule has 2 aromatic heterocycles. The van der Waals surface area contributed by atoms with Crippen molar-refractivity contribution < 1.29 is 9.53 Å². The molecule has 4 aromatic rings. The second-order valence-corrected chi connectivity index (χ2v) is 9.74. The summed E-state index contributed by atoms with van der Waals surface area (Å²) in [6.45, 7) is 6.06. The number of hydrogen-bond acceptors (Lipinski definition) is 4. The Hall–Kier alpha value is -4.17. The summed E-state index contributed by atoms with van der Waals surface area (Å²) in [4.78, 5) is 18.8. The van der Waals surface area contributed by atoms with E-state index in [-0.39, 0.29) is 18.0 Å². The van der Waals surface area contributed by atoms with Gasteiger partial charge in [-0.15, -0.1) is 0 Å². The fraction of sp³-hybridized carbons (Fsp3) is 0.233. The van der Waals surface area contributed by atoms with Gasteiger partial charge in [-0.2, -0.15) is 0 Å². The summed E-state index contributed by atoms with van der Waals surface area (Å²) in [6, 6.07) is 21.9. The van der Waals surface area contributed by atoms with E-state index in [1.54, 1.807) is 13.3 Å². The number of pyridine rings is 1. The molecule has 3 heterocycles. The van der Waals surface area contributed by atoms with Crippen molar-refractivity contribution in [3.63, 3.8) is 0 Å². The van der Waals surface area contributed by atoms with E-state index in [4.69, 9.17) is 17.0 Å². The monoisotopic (exact) mass is 525 g/mol. The van der Waals surface area contributed by atoms with Gasteiger partial charge in [-0.25, -0.2) is 0 Å². The molecule has 8 heteroatoms. The van der Waals surface area contributed by atoms with Gasteiger partial charge in [0, 0.05) is 41.9 Å². The summed E-state index contributed by atoms with van der Waals surface area (Å²) >= 11 is 5.92. The minimum atomic E-state index is -0.199. The molecule has 2 atom stereocenters. The predicted octanol–water partition coefficient (Wildman–Crippen LogP) is 6.02. The van der Waals surface area contributed by atoms with Gasteiger partial charge in [-0.1, -0.05) is 19.1 Å². The molecule has 7 nitrogen and oxygen atoms in total. The number of amides is 1. The Labute approximate surface area is 228 Å². The highest BCUT2D eigenvalue weighted by atomic mass is 32.1. The van der Waals surface area contributed by atoms with Gasteiger partial charge >= 0.3 is 0 Å². The molecule has 1 saturated heterocycles. The topological polar surface area (TPSA) is 71.4 Å². The molecule has 0 unspecified atom stereocenters. The van der Waals surface area contributed by atoms with Gasteiger partial charge in [-0.05, 0) is 85.7 Å². The first-order valence-corrected chi connectivity index (χ1v) is 13.1. The first kappa shape index (κ1) is 25.5. The second-order valence-electron chi connectivity index (χ2n) is 9.35. The van der Waals surface area contributed by atoms with E-state index < -0.39 is 0 Å². The molecule has 5 rings (SSSR count). The summed E-state index contributed by atoms with van der Waals surface area (Å²) in [5, 5.41) is 7.02.